The lowest BCUT2D eigenvalue weighted by Crippen LogP contribution is -2.09. The summed E-state index contributed by atoms with van der Waals surface area (Å²) in [6, 6.07) is 39.1. The number of nitrogen functional groups attached to an aromatic ring is 1. The second-order valence-corrected chi connectivity index (χ2v) is 11.6. The molecule has 1 saturated carbocycles. The largest absolute Gasteiger partial charge is 0.465 e. The Hall–Kier alpha value is -5.62. The molecule has 222 valence electrons. The van der Waals surface area contributed by atoms with Crippen molar-refractivity contribution >= 4 is 33.5 Å². The average Bonchev–Trinajstić information content (AvgIpc) is 3.71. The second-order valence-electron chi connectivity index (χ2n) is 11.6. The minimum atomic E-state index is -0.316. The zero-order chi connectivity index (χ0) is 30.8. The first-order valence-electron chi connectivity index (χ1n) is 15.2. The highest BCUT2D eigenvalue weighted by atomic mass is 16.5. The summed E-state index contributed by atoms with van der Waals surface area (Å²) in [7, 11) is 1.42. The van der Waals surface area contributed by atoms with Crippen LogP contribution < -0.4 is 5.73 Å². The van der Waals surface area contributed by atoms with Gasteiger partial charge in [-0.15, -0.1) is 0 Å². The molecule has 7 aromatic rings. The van der Waals surface area contributed by atoms with Gasteiger partial charge in [0.15, 0.2) is 0 Å². The normalized spacial score (nSPS) is 12.6. The van der Waals surface area contributed by atoms with E-state index in [0.717, 1.165) is 61.3 Å². The number of H-pyrrole nitrogens is 2. The summed E-state index contributed by atoms with van der Waals surface area (Å²) in [6.45, 7) is 0. The van der Waals surface area contributed by atoms with Crippen LogP contribution in [0.25, 0.3) is 44.3 Å². The number of methoxy groups -OCH3 is 1. The van der Waals surface area contributed by atoms with Gasteiger partial charge in [-0.3, -0.25) is 4.98 Å². The van der Waals surface area contributed by atoms with Crippen molar-refractivity contribution in [3.63, 3.8) is 0 Å². The van der Waals surface area contributed by atoms with Gasteiger partial charge in [-0.05, 0) is 89.5 Å². The first-order valence-corrected chi connectivity index (χ1v) is 15.2. The van der Waals surface area contributed by atoms with Crippen LogP contribution in [-0.4, -0.2) is 28.0 Å². The number of nitrogens with zero attached hydrogens (tertiary/aromatic N) is 1. The zero-order valence-corrected chi connectivity index (χ0v) is 25.1. The van der Waals surface area contributed by atoms with Crippen LogP contribution in [0.2, 0.25) is 0 Å². The van der Waals surface area contributed by atoms with Crippen molar-refractivity contribution in [2.24, 2.45) is 0 Å². The third-order valence-corrected chi connectivity index (χ3v) is 8.32. The number of fused-ring (bicyclic) bond motifs is 2. The highest BCUT2D eigenvalue weighted by molar-refractivity contribution is 5.91. The van der Waals surface area contributed by atoms with Crippen LogP contribution in [0.15, 0.2) is 121 Å². The fourth-order valence-corrected chi connectivity index (χ4v) is 5.76. The maximum atomic E-state index is 12.3. The molecule has 8 rings (SSSR count). The fraction of sp³-hybridized carbons (Fsp3) is 0.128. The van der Waals surface area contributed by atoms with Crippen LogP contribution in [0.4, 0.5) is 5.69 Å². The van der Waals surface area contributed by atoms with Crippen LogP contribution in [0, 0.1) is 0 Å². The summed E-state index contributed by atoms with van der Waals surface area (Å²) in [6.07, 6.45) is 4.87. The van der Waals surface area contributed by atoms with E-state index in [1.165, 1.54) is 25.5 Å². The first kappa shape index (κ1) is 28.2. The Morgan fingerprint density at radius 2 is 1.38 bits per heavy atom. The first-order chi connectivity index (χ1) is 22.0. The van der Waals surface area contributed by atoms with Crippen LogP contribution in [0.1, 0.15) is 45.9 Å². The molecular formula is C39H34N4O2. The van der Waals surface area contributed by atoms with Gasteiger partial charge in [-0.1, -0.05) is 66.7 Å². The van der Waals surface area contributed by atoms with Gasteiger partial charge in [0.2, 0.25) is 0 Å². The number of hydrogen-bond donors (Lipinski definition) is 3. The number of nitrogens with two attached hydrogens (primary N) is 1. The Labute approximate surface area is 261 Å². The van der Waals surface area contributed by atoms with Gasteiger partial charge in [0.1, 0.15) is 0 Å². The molecule has 0 bridgehead atoms. The molecule has 6 nitrogen and oxygen atoms in total. The number of esters is 1. The molecule has 4 aromatic carbocycles. The van der Waals surface area contributed by atoms with Crippen molar-refractivity contribution in [1.82, 2.24) is 15.0 Å². The molecule has 45 heavy (non-hydrogen) atoms. The molecule has 1 fully saturated rings. The van der Waals surface area contributed by atoms with E-state index in [1.54, 1.807) is 0 Å². The number of ether oxygens (including phenoxy) is 1. The highest BCUT2D eigenvalue weighted by Gasteiger charge is 2.26. The summed E-state index contributed by atoms with van der Waals surface area (Å²) >= 11 is 0. The maximum Gasteiger partial charge on any atom is 0.339 e. The number of rotatable bonds is 6. The molecule has 0 radical (unpaired) electrons. The third-order valence-electron chi connectivity index (χ3n) is 8.32. The number of carbonyl (C=O) groups is 1. The van der Waals surface area contributed by atoms with Gasteiger partial charge in [-0.25, -0.2) is 4.79 Å². The summed E-state index contributed by atoms with van der Waals surface area (Å²) in [4.78, 5) is 23.8. The number of nitrogens with one attached hydrogen (secondary N) is 2. The average molecular weight is 591 g/mol. The van der Waals surface area contributed by atoms with Gasteiger partial charge in [0.25, 0.3) is 0 Å². The van der Waals surface area contributed by atoms with Gasteiger partial charge >= 0.3 is 5.97 Å². The van der Waals surface area contributed by atoms with Crippen LogP contribution in [0.5, 0.6) is 0 Å². The maximum absolute atomic E-state index is 12.3. The minimum absolute atomic E-state index is 0.316. The van der Waals surface area contributed by atoms with Crippen LogP contribution in [0.3, 0.4) is 0 Å². The number of pyridine rings is 1. The molecule has 1 aliphatic carbocycles. The summed E-state index contributed by atoms with van der Waals surface area (Å²) in [5.41, 5.74) is 16.9. The zero-order valence-electron chi connectivity index (χ0n) is 25.1. The number of benzene rings is 4. The van der Waals surface area contributed by atoms with Crippen molar-refractivity contribution in [2.45, 2.75) is 25.2 Å². The number of carbonyl (C=O) groups excluding carboxylic acids is 1. The summed E-state index contributed by atoms with van der Waals surface area (Å²) < 4.78 is 5.01. The Morgan fingerprint density at radius 1 is 0.778 bits per heavy atom. The van der Waals surface area contributed by atoms with Gasteiger partial charge < -0.3 is 20.4 Å². The predicted molar refractivity (Wildman–Crippen MR) is 182 cm³/mol. The van der Waals surface area contributed by atoms with E-state index in [-0.39, 0.29) is 5.97 Å². The Balaban J connectivity index is 0.000000171. The third kappa shape index (κ3) is 6.22. The van der Waals surface area contributed by atoms with E-state index in [1.807, 2.05) is 66.9 Å². The minimum Gasteiger partial charge on any atom is -0.465 e. The van der Waals surface area contributed by atoms with Crippen molar-refractivity contribution in [3.8, 4) is 22.5 Å². The molecule has 0 atom stereocenters. The Morgan fingerprint density at radius 3 is 1.98 bits per heavy atom. The van der Waals surface area contributed by atoms with Crippen LogP contribution in [-0.2, 0) is 11.2 Å². The second kappa shape index (κ2) is 12.2. The molecule has 0 unspecified atom stereocenters. The topological polar surface area (TPSA) is 96.8 Å². The molecule has 0 saturated heterocycles. The standard InChI is InChI=1S/C25H22N2O2.C14H12N2/c1-29-25(28)21-13-20(17-8-9-17)15-26-24(21)12-16-7-10-22-19(11-16)14-23(27-22)18-5-3-2-4-6-18;15-12-6-7-13-11(8-12)9-14(16-13)10-4-2-1-3-5-10/h2-7,10-11,13-15,17,27H,8-9,12H2,1H3;1-9,16H,15H2. The van der Waals surface area contributed by atoms with Gasteiger partial charge in [-0.2, -0.15) is 0 Å². The van der Waals surface area contributed by atoms with E-state index in [4.69, 9.17) is 10.5 Å². The molecule has 6 heteroatoms. The van der Waals surface area contributed by atoms with Crippen molar-refractivity contribution in [1.29, 1.82) is 0 Å². The quantitative estimate of drug-likeness (QED) is 0.133. The van der Waals surface area contributed by atoms with Crippen molar-refractivity contribution in [3.05, 3.63) is 144 Å². The number of aromatic nitrogens is 3. The van der Waals surface area contributed by atoms with E-state index in [9.17, 15) is 4.79 Å². The summed E-state index contributed by atoms with van der Waals surface area (Å²) in [5, 5.41) is 2.30. The molecule has 0 aliphatic heterocycles. The number of anilines is 1. The summed E-state index contributed by atoms with van der Waals surface area (Å²) in [5.74, 6) is 0.233. The van der Waals surface area contributed by atoms with Crippen LogP contribution >= 0.6 is 0 Å². The van der Waals surface area contributed by atoms with E-state index < -0.39 is 0 Å². The Kier molecular flexibility index (Phi) is 7.62. The van der Waals surface area contributed by atoms with Gasteiger partial charge in [0, 0.05) is 51.5 Å². The highest BCUT2D eigenvalue weighted by Crippen LogP contribution is 2.40. The molecule has 3 heterocycles. The SMILES string of the molecule is COC(=O)c1cc(C2CC2)cnc1Cc1ccc2[nH]c(-c3ccccc3)cc2c1.Nc1ccc2[nH]c(-c3ccccc3)cc2c1. The molecule has 3 aromatic heterocycles. The lowest BCUT2D eigenvalue weighted by molar-refractivity contribution is 0.0599. The lowest BCUT2D eigenvalue weighted by Gasteiger charge is -2.09. The van der Waals surface area contributed by atoms with Gasteiger partial charge in [0.05, 0.1) is 18.4 Å². The Bertz CT molecular complexity index is 2110. The fourth-order valence-electron chi connectivity index (χ4n) is 5.76. The lowest BCUT2D eigenvalue weighted by atomic mass is 10.0. The molecular weight excluding hydrogens is 556 g/mol. The number of aromatic amines is 2. The van der Waals surface area contributed by atoms with E-state index in [0.29, 0.717) is 17.9 Å². The number of hydrogen-bond acceptors (Lipinski definition) is 4. The monoisotopic (exact) mass is 590 g/mol. The van der Waals surface area contributed by atoms with Crippen molar-refractivity contribution < 1.29 is 9.53 Å². The smallest absolute Gasteiger partial charge is 0.339 e. The molecule has 1 aliphatic rings. The predicted octanol–water partition coefficient (Wildman–Crippen LogP) is 8.90. The molecule has 0 spiro atoms. The van der Waals surface area contributed by atoms with E-state index >= 15 is 0 Å². The van der Waals surface area contributed by atoms with Crippen molar-refractivity contribution in [2.75, 3.05) is 12.8 Å². The molecule has 0 amide bonds. The molecule has 4 N–H and O–H groups in total. The van der Waals surface area contributed by atoms with E-state index in [2.05, 4.69) is 69.5 Å².